The Morgan fingerprint density at radius 3 is 2.90 bits per heavy atom. The van der Waals surface area contributed by atoms with Crippen LogP contribution in [0.4, 0.5) is 4.39 Å². The van der Waals surface area contributed by atoms with Crippen molar-refractivity contribution >= 4 is 5.91 Å². The summed E-state index contributed by atoms with van der Waals surface area (Å²) in [5, 5.41) is 9.57. The number of aliphatic hydroxyl groups is 1. The molecule has 1 heterocycles. The van der Waals surface area contributed by atoms with Crippen molar-refractivity contribution in [1.82, 2.24) is 4.90 Å². The molecule has 0 spiro atoms. The van der Waals surface area contributed by atoms with Gasteiger partial charge in [-0.1, -0.05) is 0 Å². The summed E-state index contributed by atoms with van der Waals surface area (Å²) in [5.74, 6) is -0.348. The number of nitrogens with zero attached hydrogens (tertiary/aromatic N) is 1. The molecule has 1 saturated heterocycles. The largest absolute Gasteiger partial charge is 0.393 e. The Labute approximate surface area is 119 Å². The lowest BCUT2D eigenvalue weighted by atomic mass is 9.96. The zero-order valence-electron chi connectivity index (χ0n) is 12.1. The van der Waals surface area contributed by atoms with E-state index in [4.69, 9.17) is 0 Å². The van der Waals surface area contributed by atoms with Gasteiger partial charge >= 0.3 is 0 Å². The number of benzene rings is 1. The molecule has 20 heavy (non-hydrogen) atoms. The van der Waals surface area contributed by atoms with Crippen LogP contribution in [0.1, 0.15) is 48.5 Å². The first-order valence-corrected chi connectivity index (χ1v) is 7.24. The summed E-state index contributed by atoms with van der Waals surface area (Å²) in [4.78, 5) is 14.4. The summed E-state index contributed by atoms with van der Waals surface area (Å²) in [6.07, 6.45) is 3.19. The molecule has 1 aliphatic heterocycles. The SMILES string of the molecule is Cc1cc(C(=O)N2CCCCC2CC(C)O)ccc1F. The molecule has 1 aromatic carbocycles. The molecule has 2 unspecified atom stereocenters. The first-order chi connectivity index (χ1) is 9.49. The van der Waals surface area contributed by atoms with Crippen molar-refractivity contribution in [2.75, 3.05) is 6.54 Å². The van der Waals surface area contributed by atoms with Gasteiger partial charge in [-0.25, -0.2) is 4.39 Å². The van der Waals surface area contributed by atoms with Crippen molar-refractivity contribution in [2.24, 2.45) is 0 Å². The van der Waals surface area contributed by atoms with Gasteiger partial charge in [-0.3, -0.25) is 4.79 Å². The molecular weight excluding hydrogens is 257 g/mol. The first kappa shape index (κ1) is 15.0. The fraction of sp³-hybridized carbons (Fsp3) is 0.562. The van der Waals surface area contributed by atoms with Gasteiger partial charge in [-0.05, 0) is 63.3 Å². The van der Waals surface area contributed by atoms with Crippen LogP contribution in [0.25, 0.3) is 0 Å². The molecule has 3 nitrogen and oxygen atoms in total. The van der Waals surface area contributed by atoms with Crippen LogP contribution in [0.5, 0.6) is 0 Å². The third kappa shape index (κ3) is 3.37. The lowest BCUT2D eigenvalue weighted by Crippen LogP contribution is -2.45. The molecular formula is C16H22FNO2. The number of carbonyl (C=O) groups excluding carboxylic acids is 1. The molecule has 2 rings (SSSR count). The summed E-state index contributed by atoms with van der Waals surface area (Å²) >= 11 is 0. The quantitative estimate of drug-likeness (QED) is 0.924. The average molecular weight is 279 g/mol. The van der Waals surface area contributed by atoms with Gasteiger partial charge in [0.15, 0.2) is 0 Å². The van der Waals surface area contributed by atoms with E-state index >= 15 is 0 Å². The zero-order chi connectivity index (χ0) is 14.7. The number of likely N-dealkylation sites (tertiary alicyclic amines) is 1. The molecule has 1 N–H and O–H groups in total. The third-order valence-electron chi connectivity index (χ3n) is 3.91. The number of carbonyl (C=O) groups is 1. The minimum Gasteiger partial charge on any atom is -0.393 e. The monoisotopic (exact) mass is 279 g/mol. The second-order valence-electron chi connectivity index (χ2n) is 5.70. The van der Waals surface area contributed by atoms with Gasteiger partial charge in [0.05, 0.1) is 6.10 Å². The fourth-order valence-electron chi connectivity index (χ4n) is 2.85. The van der Waals surface area contributed by atoms with Crippen LogP contribution in [0.15, 0.2) is 18.2 Å². The van der Waals surface area contributed by atoms with Gasteiger partial charge in [0, 0.05) is 18.2 Å². The van der Waals surface area contributed by atoms with Crippen molar-refractivity contribution in [3.8, 4) is 0 Å². The molecule has 4 heteroatoms. The highest BCUT2D eigenvalue weighted by molar-refractivity contribution is 5.94. The third-order valence-corrected chi connectivity index (χ3v) is 3.91. The van der Waals surface area contributed by atoms with Crippen LogP contribution < -0.4 is 0 Å². The Balaban J connectivity index is 2.18. The number of hydrogen-bond donors (Lipinski definition) is 1. The lowest BCUT2D eigenvalue weighted by molar-refractivity contribution is 0.0515. The van der Waals surface area contributed by atoms with E-state index in [1.54, 1.807) is 26.0 Å². The van der Waals surface area contributed by atoms with Crippen LogP contribution in [-0.2, 0) is 0 Å². The van der Waals surface area contributed by atoms with E-state index < -0.39 is 6.10 Å². The van der Waals surface area contributed by atoms with Crippen molar-refractivity contribution in [3.05, 3.63) is 35.1 Å². The normalized spacial score (nSPS) is 20.8. The second-order valence-corrected chi connectivity index (χ2v) is 5.70. The summed E-state index contributed by atoms with van der Waals surface area (Å²) in [7, 11) is 0. The standard InChI is InChI=1S/C16H22FNO2/c1-11-9-13(6-7-15(11)17)16(20)18-8-4-3-5-14(18)10-12(2)19/h6-7,9,12,14,19H,3-5,8,10H2,1-2H3. The Kier molecular flexibility index (Phi) is 4.76. The number of aryl methyl sites for hydroxylation is 1. The molecule has 1 aromatic rings. The number of hydrogen-bond acceptors (Lipinski definition) is 2. The van der Waals surface area contributed by atoms with E-state index in [2.05, 4.69) is 0 Å². The van der Waals surface area contributed by atoms with E-state index in [0.29, 0.717) is 24.1 Å². The molecule has 1 aliphatic rings. The van der Waals surface area contributed by atoms with Crippen molar-refractivity contribution < 1.29 is 14.3 Å². The summed E-state index contributed by atoms with van der Waals surface area (Å²) in [6.45, 7) is 4.13. The molecule has 1 amide bonds. The Morgan fingerprint density at radius 2 is 2.25 bits per heavy atom. The fourth-order valence-corrected chi connectivity index (χ4v) is 2.85. The molecule has 0 saturated carbocycles. The molecule has 0 aliphatic carbocycles. The molecule has 0 radical (unpaired) electrons. The summed E-state index contributed by atoms with van der Waals surface area (Å²) in [6, 6.07) is 4.57. The number of aliphatic hydroxyl groups excluding tert-OH is 1. The molecule has 0 aromatic heterocycles. The van der Waals surface area contributed by atoms with Crippen molar-refractivity contribution in [2.45, 2.75) is 51.7 Å². The minimum atomic E-state index is -0.414. The average Bonchev–Trinajstić information content (AvgIpc) is 2.41. The number of amides is 1. The number of piperidine rings is 1. The number of rotatable bonds is 3. The van der Waals surface area contributed by atoms with Crippen LogP contribution >= 0.6 is 0 Å². The van der Waals surface area contributed by atoms with E-state index in [9.17, 15) is 14.3 Å². The van der Waals surface area contributed by atoms with E-state index in [0.717, 1.165) is 19.3 Å². The maximum absolute atomic E-state index is 13.3. The Hall–Kier alpha value is -1.42. The topological polar surface area (TPSA) is 40.5 Å². The van der Waals surface area contributed by atoms with Crippen LogP contribution in [0.2, 0.25) is 0 Å². The predicted molar refractivity (Wildman–Crippen MR) is 76.1 cm³/mol. The maximum Gasteiger partial charge on any atom is 0.254 e. The zero-order valence-corrected chi connectivity index (χ0v) is 12.1. The summed E-state index contributed by atoms with van der Waals surface area (Å²) < 4.78 is 13.3. The van der Waals surface area contributed by atoms with Crippen LogP contribution in [0, 0.1) is 12.7 Å². The minimum absolute atomic E-state index is 0.0570. The highest BCUT2D eigenvalue weighted by Gasteiger charge is 2.28. The van der Waals surface area contributed by atoms with Crippen LogP contribution in [-0.4, -0.2) is 34.6 Å². The van der Waals surface area contributed by atoms with Crippen LogP contribution in [0.3, 0.4) is 0 Å². The Morgan fingerprint density at radius 1 is 1.50 bits per heavy atom. The Bertz CT molecular complexity index is 487. The summed E-state index contributed by atoms with van der Waals surface area (Å²) in [5.41, 5.74) is 1.02. The first-order valence-electron chi connectivity index (χ1n) is 7.24. The molecule has 2 atom stereocenters. The molecule has 0 bridgehead atoms. The number of halogens is 1. The smallest absolute Gasteiger partial charge is 0.254 e. The van der Waals surface area contributed by atoms with Gasteiger partial charge in [-0.15, -0.1) is 0 Å². The van der Waals surface area contributed by atoms with E-state index in [1.165, 1.54) is 6.07 Å². The molecule has 1 fully saturated rings. The van der Waals surface area contributed by atoms with Crippen molar-refractivity contribution in [3.63, 3.8) is 0 Å². The van der Waals surface area contributed by atoms with E-state index in [1.807, 2.05) is 4.90 Å². The predicted octanol–water partition coefficient (Wildman–Crippen LogP) is 2.90. The van der Waals surface area contributed by atoms with Gasteiger partial charge in [0.25, 0.3) is 5.91 Å². The van der Waals surface area contributed by atoms with E-state index in [-0.39, 0.29) is 17.8 Å². The highest BCUT2D eigenvalue weighted by Crippen LogP contribution is 2.23. The van der Waals surface area contributed by atoms with Gasteiger partial charge < -0.3 is 10.0 Å². The maximum atomic E-state index is 13.3. The van der Waals surface area contributed by atoms with Gasteiger partial charge in [0.1, 0.15) is 5.82 Å². The second kappa shape index (κ2) is 6.35. The van der Waals surface area contributed by atoms with Crippen molar-refractivity contribution in [1.29, 1.82) is 0 Å². The lowest BCUT2D eigenvalue weighted by Gasteiger charge is -2.36. The van der Waals surface area contributed by atoms with Gasteiger partial charge in [-0.2, -0.15) is 0 Å². The highest BCUT2D eigenvalue weighted by atomic mass is 19.1. The van der Waals surface area contributed by atoms with Gasteiger partial charge in [0.2, 0.25) is 0 Å². The molecule has 110 valence electrons.